The molecule has 0 aliphatic carbocycles. The second kappa shape index (κ2) is 8.67. The van der Waals surface area contributed by atoms with Crippen LogP contribution in [0.15, 0.2) is 41.8 Å². The summed E-state index contributed by atoms with van der Waals surface area (Å²) in [5.41, 5.74) is 0.540. The fourth-order valence-electron chi connectivity index (χ4n) is 2.84. The molecule has 4 nitrogen and oxygen atoms in total. The Hall–Kier alpha value is -1.50. The average molecular weight is 423 g/mol. The minimum absolute atomic E-state index is 0.0516. The number of rotatable bonds is 5. The zero-order valence-corrected chi connectivity index (χ0v) is 17.9. The highest BCUT2D eigenvalue weighted by molar-refractivity contribution is 7.99. The lowest BCUT2D eigenvalue weighted by Gasteiger charge is -2.30. The molecule has 2 amide bonds. The van der Waals surface area contributed by atoms with Gasteiger partial charge in [0, 0.05) is 27.3 Å². The number of nitrogens with one attached hydrogen (secondary N) is 1. The van der Waals surface area contributed by atoms with E-state index in [0.717, 1.165) is 4.88 Å². The van der Waals surface area contributed by atoms with Gasteiger partial charge in [-0.2, -0.15) is 0 Å². The molecule has 1 aromatic carbocycles. The van der Waals surface area contributed by atoms with E-state index in [1.54, 1.807) is 52.3 Å². The number of benzene rings is 1. The SMILES string of the molecule is CC(C)[C@@H](C)NC(=O)[C@@H]1CS[C@H](c2cccs2)N1C(=O)c1ccc(Cl)cc1. The summed E-state index contributed by atoms with van der Waals surface area (Å²) in [4.78, 5) is 29.0. The molecule has 1 N–H and O–H groups in total. The van der Waals surface area contributed by atoms with Crippen LogP contribution in [-0.2, 0) is 4.79 Å². The first kappa shape index (κ1) is 20.2. The first-order valence-corrected chi connectivity index (χ1v) is 11.2. The molecule has 0 radical (unpaired) electrons. The van der Waals surface area contributed by atoms with Gasteiger partial charge in [0.2, 0.25) is 5.91 Å². The standard InChI is InChI=1S/C20H23ClN2O2S2/c1-12(2)13(3)22-18(24)16-11-27-20(17-5-4-10-26-17)23(16)19(25)14-6-8-15(21)9-7-14/h4-10,12-13,16,20H,11H2,1-3H3,(H,22,24)/t13-,16+,20-/m1/s1. The quantitative estimate of drug-likeness (QED) is 0.751. The van der Waals surface area contributed by atoms with Gasteiger partial charge in [0.25, 0.3) is 5.91 Å². The van der Waals surface area contributed by atoms with Crippen LogP contribution in [0.5, 0.6) is 0 Å². The van der Waals surface area contributed by atoms with Crippen molar-refractivity contribution < 1.29 is 9.59 Å². The average Bonchev–Trinajstić information content (AvgIpc) is 3.30. The third-order valence-corrected chi connectivity index (χ3v) is 7.42. The highest BCUT2D eigenvalue weighted by Gasteiger charge is 2.43. The lowest BCUT2D eigenvalue weighted by Crippen LogP contribution is -2.50. The maximum absolute atomic E-state index is 13.3. The summed E-state index contributed by atoms with van der Waals surface area (Å²) in [6.45, 7) is 6.13. The molecule has 3 atom stereocenters. The maximum Gasteiger partial charge on any atom is 0.255 e. The third-order valence-electron chi connectivity index (χ3n) is 4.79. The monoisotopic (exact) mass is 422 g/mol. The van der Waals surface area contributed by atoms with Gasteiger partial charge in [-0.25, -0.2) is 0 Å². The van der Waals surface area contributed by atoms with Crippen LogP contribution < -0.4 is 5.32 Å². The van der Waals surface area contributed by atoms with Crippen LogP contribution in [0.1, 0.15) is 41.4 Å². The molecule has 1 aliphatic rings. The van der Waals surface area contributed by atoms with Crippen molar-refractivity contribution in [2.45, 2.75) is 38.2 Å². The van der Waals surface area contributed by atoms with Gasteiger partial charge in [0.1, 0.15) is 11.4 Å². The van der Waals surface area contributed by atoms with Gasteiger partial charge in [-0.15, -0.1) is 23.1 Å². The molecule has 7 heteroatoms. The minimum Gasteiger partial charge on any atom is -0.352 e. The van der Waals surface area contributed by atoms with E-state index in [4.69, 9.17) is 11.6 Å². The molecule has 1 saturated heterocycles. The zero-order valence-electron chi connectivity index (χ0n) is 15.5. The molecule has 27 heavy (non-hydrogen) atoms. The van der Waals surface area contributed by atoms with Gasteiger partial charge in [-0.3, -0.25) is 9.59 Å². The van der Waals surface area contributed by atoms with Crippen LogP contribution >= 0.6 is 34.7 Å². The predicted octanol–water partition coefficient (Wildman–Crippen LogP) is 4.82. The Labute approximate surface area is 173 Å². The second-order valence-electron chi connectivity index (χ2n) is 6.98. The Balaban J connectivity index is 1.89. The van der Waals surface area contributed by atoms with E-state index >= 15 is 0 Å². The summed E-state index contributed by atoms with van der Waals surface area (Å²) in [5.74, 6) is 0.674. The van der Waals surface area contributed by atoms with E-state index in [0.29, 0.717) is 22.3 Å². The molecule has 0 spiro atoms. The Bertz CT molecular complexity index is 793. The number of thiophene rings is 1. The van der Waals surface area contributed by atoms with Crippen molar-refractivity contribution in [3.63, 3.8) is 0 Å². The van der Waals surface area contributed by atoms with Crippen LogP contribution in [0.2, 0.25) is 5.02 Å². The number of halogens is 1. The molecule has 144 valence electrons. The largest absolute Gasteiger partial charge is 0.352 e. The van der Waals surface area contributed by atoms with E-state index in [-0.39, 0.29) is 23.2 Å². The minimum atomic E-state index is -0.494. The first-order chi connectivity index (χ1) is 12.9. The lowest BCUT2D eigenvalue weighted by molar-refractivity contribution is -0.125. The van der Waals surface area contributed by atoms with Crippen molar-refractivity contribution in [1.29, 1.82) is 0 Å². The van der Waals surface area contributed by atoms with Crippen molar-refractivity contribution in [1.82, 2.24) is 10.2 Å². The van der Waals surface area contributed by atoms with Gasteiger partial charge in [-0.05, 0) is 48.6 Å². The van der Waals surface area contributed by atoms with Crippen LogP contribution in [-0.4, -0.2) is 34.6 Å². The van der Waals surface area contributed by atoms with E-state index in [9.17, 15) is 9.59 Å². The second-order valence-corrected chi connectivity index (χ2v) is 9.51. The smallest absolute Gasteiger partial charge is 0.255 e. The van der Waals surface area contributed by atoms with Gasteiger partial charge >= 0.3 is 0 Å². The Morgan fingerprint density at radius 1 is 1.19 bits per heavy atom. The van der Waals surface area contributed by atoms with Gasteiger partial charge in [0.05, 0.1) is 0 Å². The number of carbonyl (C=O) groups excluding carboxylic acids is 2. The van der Waals surface area contributed by atoms with E-state index in [1.807, 2.05) is 24.4 Å². The summed E-state index contributed by atoms with van der Waals surface area (Å²) in [7, 11) is 0. The number of hydrogen-bond acceptors (Lipinski definition) is 4. The molecule has 2 aromatic rings. The number of amides is 2. The van der Waals surface area contributed by atoms with Crippen molar-refractivity contribution in [2.75, 3.05) is 5.75 Å². The molecule has 0 unspecified atom stereocenters. The maximum atomic E-state index is 13.3. The molecular formula is C20H23ClN2O2S2. The molecule has 3 rings (SSSR count). The molecular weight excluding hydrogens is 400 g/mol. The molecule has 2 heterocycles. The Morgan fingerprint density at radius 3 is 2.48 bits per heavy atom. The van der Waals surface area contributed by atoms with Crippen molar-refractivity contribution >= 4 is 46.5 Å². The molecule has 1 aromatic heterocycles. The Morgan fingerprint density at radius 2 is 1.89 bits per heavy atom. The van der Waals surface area contributed by atoms with Gasteiger partial charge < -0.3 is 10.2 Å². The normalized spacial score (nSPS) is 20.7. The van der Waals surface area contributed by atoms with Crippen LogP contribution in [0.25, 0.3) is 0 Å². The van der Waals surface area contributed by atoms with Crippen LogP contribution in [0.3, 0.4) is 0 Å². The van der Waals surface area contributed by atoms with Crippen LogP contribution in [0, 0.1) is 5.92 Å². The van der Waals surface area contributed by atoms with Crippen LogP contribution in [0.4, 0.5) is 0 Å². The highest BCUT2D eigenvalue weighted by atomic mass is 35.5. The number of nitrogens with zero attached hydrogens (tertiary/aromatic N) is 1. The third kappa shape index (κ3) is 4.50. The number of thioether (sulfide) groups is 1. The highest BCUT2D eigenvalue weighted by Crippen LogP contribution is 2.44. The number of carbonyl (C=O) groups is 2. The van der Waals surface area contributed by atoms with E-state index < -0.39 is 6.04 Å². The topological polar surface area (TPSA) is 49.4 Å². The van der Waals surface area contributed by atoms with Crippen molar-refractivity contribution in [2.24, 2.45) is 5.92 Å². The zero-order chi connectivity index (χ0) is 19.6. The molecule has 1 aliphatic heterocycles. The van der Waals surface area contributed by atoms with Crippen molar-refractivity contribution in [3.05, 3.63) is 57.2 Å². The first-order valence-electron chi connectivity index (χ1n) is 8.92. The summed E-state index contributed by atoms with van der Waals surface area (Å²) >= 11 is 9.20. The fraction of sp³-hybridized carbons (Fsp3) is 0.400. The fourth-order valence-corrected chi connectivity index (χ4v) is 5.36. The van der Waals surface area contributed by atoms with Gasteiger partial charge in [-0.1, -0.05) is 31.5 Å². The summed E-state index contributed by atoms with van der Waals surface area (Å²) in [5, 5.41) is 5.49. The van der Waals surface area contributed by atoms with Crippen molar-refractivity contribution in [3.8, 4) is 0 Å². The van der Waals surface area contributed by atoms with Gasteiger partial charge in [0.15, 0.2) is 0 Å². The number of hydrogen-bond donors (Lipinski definition) is 1. The summed E-state index contributed by atoms with van der Waals surface area (Å²) < 4.78 is 0. The summed E-state index contributed by atoms with van der Waals surface area (Å²) in [6, 6.07) is 10.4. The predicted molar refractivity (Wildman–Crippen MR) is 113 cm³/mol. The lowest BCUT2D eigenvalue weighted by atomic mass is 10.1. The summed E-state index contributed by atoms with van der Waals surface area (Å²) in [6.07, 6.45) is 0. The van der Waals surface area contributed by atoms with E-state index in [1.165, 1.54) is 0 Å². The molecule has 1 fully saturated rings. The van der Waals surface area contributed by atoms with E-state index in [2.05, 4.69) is 19.2 Å². The molecule has 0 saturated carbocycles. The molecule has 0 bridgehead atoms. The Kier molecular flexibility index (Phi) is 6.50.